The molecule has 2 N–H and O–H groups in total. The fraction of sp³-hybridized carbons (Fsp3) is 0.0769. The first-order chi connectivity index (χ1) is 10.6. The van der Waals surface area contributed by atoms with Crippen LogP contribution in [0.4, 0.5) is 0 Å². The molecule has 10 heteroatoms. The van der Waals surface area contributed by atoms with Crippen LogP contribution in [-0.4, -0.2) is 10.2 Å². The number of benzene rings is 2. The highest BCUT2D eigenvalue weighted by atomic mass is 79.9. The molecule has 2 aromatic rings. The predicted octanol–water partition coefficient (Wildman–Crippen LogP) is 8.79. The normalized spacial score (nSPS) is 11.1. The van der Waals surface area contributed by atoms with Gasteiger partial charge in [0.05, 0.1) is 17.9 Å². The first-order valence-electron chi connectivity index (χ1n) is 5.67. The summed E-state index contributed by atoms with van der Waals surface area (Å²) in [5.41, 5.74) is 1.85. The lowest BCUT2D eigenvalue weighted by molar-refractivity contribution is 0.467. The van der Waals surface area contributed by atoms with E-state index in [1.165, 1.54) is 0 Å². The van der Waals surface area contributed by atoms with Crippen LogP contribution in [0.25, 0.3) is 0 Å². The van der Waals surface area contributed by atoms with E-state index in [2.05, 4.69) is 127 Å². The second kappa shape index (κ2) is 8.27. The zero-order valence-corrected chi connectivity index (χ0v) is 23.3. The highest BCUT2D eigenvalue weighted by Crippen LogP contribution is 2.50. The molecule has 0 saturated heterocycles. The van der Waals surface area contributed by atoms with E-state index in [1.807, 2.05) is 0 Å². The molecule has 0 bridgehead atoms. The van der Waals surface area contributed by atoms with Gasteiger partial charge in [-0.15, -0.1) is 0 Å². The van der Waals surface area contributed by atoms with E-state index in [9.17, 15) is 10.2 Å². The first-order valence-corrected chi connectivity index (χ1v) is 12.0. The fourth-order valence-corrected chi connectivity index (χ4v) is 6.74. The van der Waals surface area contributed by atoms with Gasteiger partial charge in [0.15, 0.2) is 0 Å². The number of phenols is 2. The van der Waals surface area contributed by atoms with Gasteiger partial charge in [0.25, 0.3) is 0 Å². The average molecular weight is 831 g/mol. The second-order valence-electron chi connectivity index (χ2n) is 4.34. The van der Waals surface area contributed by atoms with Crippen molar-refractivity contribution in [1.82, 2.24) is 0 Å². The largest absolute Gasteiger partial charge is 0.505 e. The molecule has 2 aromatic carbocycles. The Morgan fingerprint density at radius 1 is 0.435 bits per heavy atom. The van der Waals surface area contributed by atoms with Crippen molar-refractivity contribution in [2.75, 3.05) is 0 Å². The zero-order valence-electron chi connectivity index (χ0n) is 10.6. The van der Waals surface area contributed by atoms with Gasteiger partial charge in [-0.05, 0) is 139 Å². The molecule has 0 aliphatic carbocycles. The molecule has 0 aliphatic heterocycles. The minimum atomic E-state index is 0.110. The van der Waals surface area contributed by atoms with Crippen molar-refractivity contribution in [3.05, 3.63) is 46.9 Å². The van der Waals surface area contributed by atoms with Crippen molar-refractivity contribution in [1.29, 1.82) is 0 Å². The van der Waals surface area contributed by atoms with Gasteiger partial charge in [-0.2, -0.15) is 0 Å². The van der Waals surface area contributed by atoms with E-state index in [4.69, 9.17) is 0 Å². The summed E-state index contributed by atoms with van der Waals surface area (Å²) < 4.78 is 5.21. The second-order valence-corrected chi connectivity index (χ2v) is 10.7. The average Bonchev–Trinajstić information content (AvgIpc) is 2.54. The van der Waals surface area contributed by atoms with Crippen LogP contribution in [-0.2, 0) is 6.42 Å². The molecule has 0 heterocycles. The van der Waals surface area contributed by atoms with E-state index < -0.39 is 0 Å². The predicted molar refractivity (Wildman–Crippen MR) is 121 cm³/mol. The summed E-state index contributed by atoms with van der Waals surface area (Å²) in [4.78, 5) is 0. The van der Waals surface area contributed by atoms with E-state index >= 15 is 0 Å². The summed E-state index contributed by atoms with van der Waals surface area (Å²) >= 11 is 27.6. The SMILES string of the molecule is Oc1c(Br)c(Br)c(Cc2c(Br)c(Br)c(O)c(Br)c2Br)c(Br)c1Br. The topological polar surface area (TPSA) is 40.5 Å². The maximum atomic E-state index is 10.1. The fourth-order valence-electron chi connectivity index (χ4n) is 1.82. The van der Waals surface area contributed by atoms with E-state index in [0.29, 0.717) is 24.3 Å². The number of phenolic OH excluding ortho intramolecular Hbond substituents is 2. The minimum absolute atomic E-state index is 0.110. The summed E-state index contributed by atoms with van der Waals surface area (Å²) in [5, 5.41) is 20.1. The monoisotopic (exact) mass is 823 g/mol. The van der Waals surface area contributed by atoms with Crippen LogP contribution in [0.5, 0.6) is 11.5 Å². The van der Waals surface area contributed by atoms with Gasteiger partial charge in [-0.3, -0.25) is 0 Å². The summed E-state index contributed by atoms with van der Waals surface area (Å²) in [6.45, 7) is 0. The molecule has 0 spiro atoms. The third-order valence-corrected chi connectivity index (χ3v) is 11.7. The minimum Gasteiger partial charge on any atom is -0.505 e. The summed E-state index contributed by atoms with van der Waals surface area (Å²) in [5.74, 6) is 0.220. The van der Waals surface area contributed by atoms with Crippen molar-refractivity contribution in [2.45, 2.75) is 6.42 Å². The molecule has 0 saturated carbocycles. The van der Waals surface area contributed by atoms with Gasteiger partial charge in [-0.25, -0.2) is 0 Å². The first kappa shape index (κ1) is 21.2. The van der Waals surface area contributed by atoms with Crippen LogP contribution in [0.2, 0.25) is 0 Å². The lowest BCUT2D eigenvalue weighted by Gasteiger charge is -2.17. The summed E-state index contributed by atoms with van der Waals surface area (Å²) in [6, 6.07) is 0. The van der Waals surface area contributed by atoms with Crippen LogP contribution in [0, 0.1) is 0 Å². The number of hydrogen-bond donors (Lipinski definition) is 2. The van der Waals surface area contributed by atoms with E-state index in [0.717, 1.165) is 29.0 Å². The number of rotatable bonds is 2. The molecule has 23 heavy (non-hydrogen) atoms. The third-order valence-electron chi connectivity index (χ3n) is 3.02. The Morgan fingerprint density at radius 2 is 0.652 bits per heavy atom. The molecule has 2 nitrogen and oxygen atoms in total. The van der Waals surface area contributed by atoms with Gasteiger partial charge in [0.2, 0.25) is 0 Å². The Hall–Kier alpha value is 1.88. The van der Waals surface area contributed by atoms with Crippen molar-refractivity contribution >= 4 is 127 Å². The number of halogens is 8. The van der Waals surface area contributed by atoms with E-state index in [1.54, 1.807) is 0 Å². The highest BCUT2D eigenvalue weighted by Gasteiger charge is 2.23. The van der Waals surface area contributed by atoms with Gasteiger partial charge >= 0.3 is 0 Å². The smallest absolute Gasteiger partial charge is 0.146 e. The van der Waals surface area contributed by atoms with Crippen molar-refractivity contribution in [3.8, 4) is 11.5 Å². The summed E-state index contributed by atoms with van der Waals surface area (Å²) in [6.07, 6.45) is 0.525. The maximum Gasteiger partial charge on any atom is 0.146 e. The molecule has 0 radical (unpaired) electrons. The molecule has 0 aromatic heterocycles. The van der Waals surface area contributed by atoms with Crippen LogP contribution in [0.1, 0.15) is 11.1 Å². The molecule has 0 unspecified atom stereocenters. The third kappa shape index (κ3) is 3.94. The standard InChI is InChI=1S/C13H4Br8O2/c14-4-2(5(15)9(19)12(22)8(4)18)1-3-6(16)10(20)13(23)11(21)7(3)17/h22-23H,1H2. The van der Waals surface area contributed by atoms with Gasteiger partial charge in [0, 0.05) is 24.3 Å². The van der Waals surface area contributed by atoms with Crippen molar-refractivity contribution in [3.63, 3.8) is 0 Å². The molecular formula is C13H4Br8O2. The Morgan fingerprint density at radius 3 is 0.870 bits per heavy atom. The van der Waals surface area contributed by atoms with Crippen molar-refractivity contribution in [2.24, 2.45) is 0 Å². The number of hydrogen-bond acceptors (Lipinski definition) is 2. The Balaban J connectivity index is 2.71. The maximum absolute atomic E-state index is 10.1. The number of aromatic hydroxyl groups is 2. The Bertz CT molecular complexity index is 693. The van der Waals surface area contributed by atoms with Crippen LogP contribution >= 0.6 is 127 Å². The molecule has 2 rings (SSSR count). The van der Waals surface area contributed by atoms with E-state index in [-0.39, 0.29) is 11.5 Å². The van der Waals surface area contributed by atoms with Gasteiger partial charge in [0.1, 0.15) is 11.5 Å². The quantitative estimate of drug-likeness (QED) is 0.298. The Labute approximate surface area is 199 Å². The molecular weight excluding hydrogens is 827 g/mol. The van der Waals surface area contributed by atoms with Gasteiger partial charge in [-0.1, -0.05) is 0 Å². The van der Waals surface area contributed by atoms with Crippen LogP contribution < -0.4 is 0 Å². The lowest BCUT2D eigenvalue weighted by atomic mass is 10.0. The zero-order chi connectivity index (χ0) is 17.6. The molecule has 0 aliphatic rings. The molecule has 0 amide bonds. The molecule has 124 valence electrons. The summed E-state index contributed by atoms with van der Waals surface area (Å²) in [7, 11) is 0. The molecule has 0 atom stereocenters. The lowest BCUT2D eigenvalue weighted by Crippen LogP contribution is -1.98. The highest BCUT2D eigenvalue weighted by molar-refractivity contribution is 9.14. The Kier molecular flexibility index (Phi) is 7.62. The van der Waals surface area contributed by atoms with Gasteiger partial charge < -0.3 is 10.2 Å². The van der Waals surface area contributed by atoms with Crippen molar-refractivity contribution < 1.29 is 10.2 Å². The van der Waals surface area contributed by atoms with Crippen LogP contribution in [0.3, 0.4) is 0 Å². The van der Waals surface area contributed by atoms with Crippen LogP contribution in [0.15, 0.2) is 35.8 Å². The molecule has 0 fully saturated rings.